The van der Waals surface area contributed by atoms with Crippen molar-refractivity contribution >= 4 is 17.4 Å². The molecule has 8 heteroatoms. The average Bonchev–Trinajstić information content (AvgIpc) is 3.17. The van der Waals surface area contributed by atoms with E-state index in [4.69, 9.17) is 14.1 Å². The zero-order valence-corrected chi connectivity index (χ0v) is 17.2. The molecule has 0 bridgehead atoms. The minimum absolute atomic E-state index is 0.0457. The van der Waals surface area contributed by atoms with Gasteiger partial charge in [0.05, 0.1) is 20.3 Å². The lowest BCUT2D eigenvalue weighted by Crippen LogP contribution is -2.27. The van der Waals surface area contributed by atoms with Crippen LogP contribution in [0.4, 0.5) is 11.6 Å². The predicted octanol–water partition coefficient (Wildman–Crippen LogP) is 4.07. The molecule has 2 aromatic carbocycles. The van der Waals surface area contributed by atoms with Crippen molar-refractivity contribution in [3.8, 4) is 11.5 Å². The molecule has 2 heterocycles. The number of anilines is 2. The SMILES string of the molecule is COc1ccc(C2CC(=O)C3=C(C2)Nc2nonc2NC3c2ccccc2OC)cc1. The van der Waals surface area contributed by atoms with Gasteiger partial charge in [0.25, 0.3) is 0 Å². The van der Waals surface area contributed by atoms with Crippen molar-refractivity contribution in [3.05, 3.63) is 70.9 Å². The van der Waals surface area contributed by atoms with Crippen LogP contribution in [0.2, 0.25) is 0 Å². The molecule has 2 unspecified atom stereocenters. The Hall–Kier alpha value is -3.81. The fraction of sp³-hybridized carbons (Fsp3) is 0.261. The molecule has 0 radical (unpaired) electrons. The van der Waals surface area contributed by atoms with Gasteiger partial charge in [-0.2, -0.15) is 0 Å². The van der Waals surface area contributed by atoms with Crippen LogP contribution < -0.4 is 20.1 Å². The molecule has 2 atom stereocenters. The van der Waals surface area contributed by atoms with E-state index in [1.165, 1.54) is 0 Å². The average molecular weight is 418 g/mol. The van der Waals surface area contributed by atoms with Crippen molar-refractivity contribution in [2.24, 2.45) is 0 Å². The van der Waals surface area contributed by atoms with Gasteiger partial charge in [-0.3, -0.25) is 4.79 Å². The molecular weight excluding hydrogens is 396 g/mol. The van der Waals surface area contributed by atoms with Gasteiger partial charge in [0.1, 0.15) is 11.5 Å². The Bertz CT molecular complexity index is 1150. The summed E-state index contributed by atoms with van der Waals surface area (Å²) in [4.78, 5) is 13.5. The van der Waals surface area contributed by atoms with E-state index in [0.717, 1.165) is 22.6 Å². The van der Waals surface area contributed by atoms with Gasteiger partial charge in [-0.05, 0) is 46.4 Å². The standard InChI is InChI=1S/C23H22N4O4/c1-29-15-9-7-13(8-10-15)14-11-17-20(18(28)12-14)21(16-5-3-4-6-19(16)30-2)25-23-22(24-17)26-31-27-23/h3-10,14,21H,11-12H2,1-2H3,(H,24,26)(H,25,27). The Labute approximate surface area is 179 Å². The first-order valence-corrected chi connectivity index (χ1v) is 10.1. The number of ketones is 1. The van der Waals surface area contributed by atoms with E-state index < -0.39 is 6.04 Å². The van der Waals surface area contributed by atoms with Crippen LogP contribution >= 0.6 is 0 Å². The summed E-state index contributed by atoms with van der Waals surface area (Å²) in [6.07, 6.45) is 1.07. The molecule has 31 heavy (non-hydrogen) atoms. The summed E-state index contributed by atoms with van der Waals surface area (Å²) >= 11 is 0. The molecule has 0 fully saturated rings. The number of nitrogens with one attached hydrogen (secondary N) is 2. The second-order valence-electron chi connectivity index (χ2n) is 7.60. The Morgan fingerprint density at radius 1 is 0.968 bits per heavy atom. The van der Waals surface area contributed by atoms with Crippen LogP contribution in [0, 0.1) is 0 Å². The largest absolute Gasteiger partial charge is 0.497 e. The van der Waals surface area contributed by atoms with E-state index in [1.807, 2.05) is 48.5 Å². The summed E-state index contributed by atoms with van der Waals surface area (Å²) in [5.41, 5.74) is 3.43. The number of aromatic nitrogens is 2. The fourth-order valence-corrected chi connectivity index (χ4v) is 4.35. The highest BCUT2D eigenvalue weighted by atomic mass is 16.6. The van der Waals surface area contributed by atoms with Crippen molar-refractivity contribution in [1.82, 2.24) is 10.3 Å². The van der Waals surface area contributed by atoms with Crippen molar-refractivity contribution in [3.63, 3.8) is 0 Å². The topological polar surface area (TPSA) is 98.5 Å². The Morgan fingerprint density at radius 3 is 2.52 bits per heavy atom. The summed E-state index contributed by atoms with van der Waals surface area (Å²) in [6, 6.07) is 15.1. The predicted molar refractivity (Wildman–Crippen MR) is 114 cm³/mol. The van der Waals surface area contributed by atoms with Crippen molar-refractivity contribution in [2.45, 2.75) is 24.8 Å². The molecule has 158 valence electrons. The number of allylic oxidation sites excluding steroid dienone is 1. The highest BCUT2D eigenvalue weighted by molar-refractivity contribution is 6.01. The molecule has 2 aliphatic rings. The van der Waals surface area contributed by atoms with Crippen molar-refractivity contribution in [1.29, 1.82) is 0 Å². The lowest BCUT2D eigenvalue weighted by molar-refractivity contribution is -0.116. The highest BCUT2D eigenvalue weighted by Crippen LogP contribution is 2.45. The molecule has 1 aliphatic carbocycles. The number of benzene rings is 2. The van der Waals surface area contributed by atoms with Gasteiger partial charge in [-0.1, -0.05) is 30.3 Å². The van der Waals surface area contributed by atoms with Gasteiger partial charge in [0, 0.05) is 23.3 Å². The quantitative estimate of drug-likeness (QED) is 0.654. The molecule has 0 saturated carbocycles. The molecule has 8 nitrogen and oxygen atoms in total. The van der Waals surface area contributed by atoms with Crippen LogP contribution in [0.1, 0.15) is 35.9 Å². The monoisotopic (exact) mass is 418 g/mol. The second-order valence-corrected chi connectivity index (χ2v) is 7.60. The maximum Gasteiger partial charge on any atom is 0.219 e. The first-order chi connectivity index (χ1) is 15.2. The van der Waals surface area contributed by atoms with Crippen LogP contribution in [0.5, 0.6) is 11.5 Å². The van der Waals surface area contributed by atoms with Crippen LogP contribution in [0.15, 0.2) is 64.4 Å². The van der Waals surface area contributed by atoms with E-state index in [2.05, 4.69) is 20.9 Å². The molecular formula is C23H22N4O4. The van der Waals surface area contributed by atoms with Crippen molar-refractivity contribution < 1.29 is 18.9 Å². The number of Topliss-reactive ketones (excluding diaryl/α,β-unsaturated/α-hetero) is 1. The third-order valence-corrected chi connectivity index (χ3v) is 5.87. The summed E-state index contributed by atoms with van der Waals surface area (Å²) in [6.45, 7) is 0. The van der Waals surface area contributed by atoms with Crippen LogP contribution in [-0.4, -0.2) is 30.3 Å². The van der Waals surface area contributed by atoms with E-state index in [-0.39, 0.29) is 11.7 Å². The van der Waals surface area contributed by atoms with Crippen LogP contribution in [-0.2, 0) is 4.79 Å². The summed E-state index contributed by atoms with van der Waals surface area (Å²) in [7, 11) is 3.26. The summed E-state index contributed by atoms with van der Waals surface area (Å²) in [5, 5.41) is 14.6. The van der Waals surface area contributed by atoms with Gasteiger partial charge in [-0.15, -0.1) is 0 Å². The maximum absolute atomic E-state index is 13.5. The Morgan fingerprint density at radius 2 is 1.74 bits per heavy atom. The fourth-order valence-electron chi connectivity index (χ4n) is 4.35. The van der Waals surface area contributed by atoms with E-state index >= 15 is 0 Å². The minimum atomic E-state index is -0.434. The van der Waals surface area contributed by atoms with E-state index in [1.54, 1.807) is 14.2 Å². The number of ether oxygens (including phenoxy) is 2. The van der Waals surface area contributed by atoms with Gasteiger partial charge < -0.3 is 20.1 Å². The second kappa shape index (κ2) is 7.79. The highest BCUT2D eigenvalue weighted by Gasteiger charge is 2.38. The van der Waals surface area contributed by atoms with Gasteiger partial charge in [0.2, 0.25) is 11.6 Å². The zero-order valence-electron chi connectivity index (χ0n) is 17.2. The molecule has 0 amide bonds. The molecule has 5 rings (SSSR count). The maximum atomic E-state index is 13.5. The van der Waals surface area contributed by atoms with Crippen LogP contribution in [0.3, 0.4) is 0 Å². The lowest BCUT2D eigenvalue weighted by Gasteiger charge is -2.30. The number of fused-ring (bicyclic) bond motifs is 1. The summed E-state index contributed by atoms with van der Waals surface area (Å²) < 4.78 is 15.8. The van der Waals surface area contributed by atoms with E-state index in [9.17, 15) is 4.79 Å². The third kappa shape index (κ3) is 3.39. The number of methoxy groups -OCH3 is 2. The number of carbonyl (C=O) groups is 1. The van der Waals surface area contributed by atoms with E-state index in [0.29, 0.717) is 35.8 Å². The molecule has 0 saturated heterocycles. The number of rotatable bonds is 4. The van der Waals surface area contributed by atoms with Gasteiger partial charge in [-0.25, -0.2) is 4.63 Å². The van der Waals surface area contributed by atoms with Crippen LogP contribution in [0.25, 0.3) is 0 Å². The normalized spacial score (nSPS) is 20.1. The number of hydrogen-bond donors (Lipinski definition) is 2. The Kier molecular flexibility index (Phi) is 4.82. The van der Waals surface area contributed by atoms with Gasteiger partial charge >= 0.3 is 0 Å². The number of para-hydroxylation sites is 1. The number of carbonyl (C=O) groups excluding carboxylic acids is 1. The zero-order chi connectivity index (χ0) is 21.4. The smallest absolute Gasteiger partial charge is 0.219 e. The number of hydrogen-bond acceptors (Lipinski definition) is 8. The first-order valence-electron chi connectivity index (χ1n) is 10.1. The summed E-state index contributed by atoms with van der Waals surface area (Å²) in [5.74, 6) is 2.52. The molecule has 1 aromatic heterocycles. The molecule has 0 spiro atoms. The van der Waals surface area contributed by atoms with Crippen molar-refractivity contribution in [2.75, 3.05) is 24.9 Å². The lowest BCUT2D eigenvalue weighted by atomic mass is 9.78. The third-order valence-electron chi connectivity index (χ3n) is 5.87. The minimum Gasteiger partial charge on any atom is -0.497 e. The molecule has 1 aliphatic heterocycles. The van der Waals surface area contributed by atoms with Gasteiger partial charge in [0.15, 0.2) is 5.78 Å². The first kappa shape index (κ1) is 19.2. The molecule has 2 N–H and O–H groups in total. The molecule has 3 aromatic rings. The Balaban J connectivity index is 1.58. The number of nitrogens with zero attached hydrogens (tertiary/aromatic N) is 2.